The Hall–Kier alpha value is -2.18. The van der Waals surface area contributed by atoms with Crippen LogP contribution in [0.25, 0.3) is 5.69 Å². The molecule has 0 radical (unpaired) electrons. The van der Waals surface area contributed by atoms with Crippen molar-refractivity contribution in [2.45, 2.75) is 19.4 Å². The van der Waals surface area contributed by atoms with E-state index in [2.05, 4.69) is 16.8 Å². The lowest BCUT2D eigenvalue weighted by Gasteiger charge is -2.38. The van der Waals surface area contributed by atoms with Gasteiger partial charge in [-0.15, -0.1) is 0 Å². The Kier molecular flexibility index (Phi) is 5.27. The van der Waals surface area contributed by atoms with Gasteiger partial charge in [0.25, 0.3) is 5.91 Å². The fourth-order valence-corrected chi connectivity index (χ4v) is 3.19. The third-order valence-electron chi connectivity index (χ3n) is 4.70. The second kappa shape index (κ2) is 7.59. The highest BCUT2D eigenvalue weighted by Crippen LogP contribution is 2.15. The van der Waals surface area contributed by atoms with E-state index in [1.54, 1.807) is 12.5 Å². The molecular formula is C18H24N4O2. The number of imidazole rings is 1. The van der Waals surface area contributed by atoms with Gasteiger partial charge < -0.3 is 14.6 Å². The number of carbonyl (C=O) groups excluding carboxylic acids is 1. The molecule has 1 aromatic carbocycles. The number of aromatic nitrogens is 2. The molecule has 2 heterocycles. The van der Waals surface area contributed by atoms with Crippen molar-refractivity contribution < 1.29 is 9.90 Å². The van der Waals surface area contributed by atoms with Crippen molar-refractivity contribution in [3.63, 3.8) is 0 Å². The molecule has 0 bridgehead atoms. The van der Waals surface area contributed by atoms with Crippen LogP contribution in [0, 0.1) is 0 Å². The van der Waals surface area contributed by atoms with Gasteiger partial charge in [-0.1, -0.05) is 13.0 Å². The van der Waals surface area contributed by atoms with E-state index < -0.39 is 0 Å². The van der Waals surface area contributed by atoms with Gasteiger partial charge in [0.05, 0.1) is 12.9 Å². The van der Waals surface area contributed by atoms with E-state index in [-0.39, 0.29) is 18.6 Å². The summed E-state index contributed by atoms with van der Waals surface area (Å²) in [7, 11) is 0. The Morgan fingerprint density at radius 3 is 2.71 bits per heavy atom. The van der Waals surface area contributed by atoms with Crippen LogP contribution in [-0.2, 0) is 0 Å². The van der Waals surface area contributed by atoms with E-state index in [0.717, 1.165) is 25.2 Å². The molecule has 6 nitrogen and oxygen atoms in total. The van der Waals surface area contributed by atoms with Crippen LogP contribution in [0.3, 0.4) is 0 Å². The molecule has 1 unspecified atom stereocenters. The molecule has 2 aromatic rings. The zero-order valence-corrected chi connectivity index (χ0v) is 14.0. The average Bonchev–Trinajstić information content (AvgIpc) is 3.18. The van der Waals surface area contributed by atoms with Crippen molar-refractivity contribution >= 4 is 5.91 Å². The number of aliphatic hydroxyl groups is 1. The van der Waals surface area contributed by atoms with Gasteiger partial charge in [0.2, 0.25) is 0 Å². The van der Waals surface area contributed by atoms with Crippen molar-refractivity contribution in [3.05, 3.63) is 48.5 Å². The molecule has 1 N–H and O–H groups in total. The second-order valence-corrected chi connectivity index (χ2v) is 6.09. The molecule has 1 atom stereocenters. The summed E-state index contributed by atoms with van der Waals surface area (Å²) in [6, 6.07) is 7.82. The number of hydrogen-bond donors (Lipinski definition) is 1. The highest BCUT2D eigenvalue weighted by molar-refractivity contribution is 5.94. The van der Waals surface area contributed by atoms with Crippen LogP contribution >= 0.6 is 0 Å². The Morgan fingerprint density at radius 2 is 2.08 bits per heavy atom. The molecule has 0 saturated carbocycles. The summed E-state index contributed by atoms with van der Waals surface area (Å²) in [5, 5.41) is 9.42. The van der Waals surface area contributed by atoms with E-state index in [0.29, 0.717) is 18.7 Å². The average molecular weight is 328 g/mol. The van der Waals surface area contributed by atoms with Crippen molar-refractivity contribution in [1.82, 2.24) is 19.4 Å². The van der Waals surface area contributed by atoms with Gasteiger partial charge in [-0.2, -0.15) is 0 Å². The number of carbonyl (C=O) groups is 1. The smallest absolute Gasteiger partial charge is 0.254 e. The zero-order chi connectivity index (χ0) is 16.9. The standard InChI is InChI=1S/C18H24N4O2/c1-2-16(13-23)20-8-10-21(11-9-20)18(24)15-4-3-5-17(12-15)22-7-6-19-14-22/h3-7,12,14,16,23H,2,8-11,13H2,1H3. The molecule has 128 valence electrons. The molecule has 3 rings (SSSR count). The van der Waals surface area contributed by atoms with Gasteiger partial charge in [0.15, 0.2) is 0 Å². The van der Waals surface area contributed by atoms with Gasteiger partial charge in [-0.05, 0) is 24.6 Å². The molecule has 0 aliphatic carbocycles. The minimum absolute atomic E-state index is 0.0636. The quantitative estimate of drug-likeness (QED) is 0.901. The first-order chi connectivity index (χ1) is 11.7. The van der Waals surface area contributed by atoms with Crippen molar-refractivity contribution in [3.8, 4) is 5.69 Å². The van der Waals surface area contributed by atoms with Gasteiger partial charge in [0.1, 0.15) is 0 Å². The van der Waals surface area contributed by atoms with Crippen LogP contribution in [-0.4, -0.2) is 69.2 Å². The Labute approximate surface area is 142 Å². The molecule has 6 heteroatoms. The number of aliphatic hydroxyl groups excluding tert-OH is 1. The fraction of sp³-hybridized carbons (Fsp3) is 0.444. The van der Waals surface area contributed by atoms with Gasteiger partial charge in [-0.3, -0.25) is 9.69 Å². The second-order valence-electron chi connectivity index (χ2n) is 6.09. The molecule has 1 aliphatic rings. The molecule has 1 fully saturated rings. The predicted molar refractivity (Wildman–Crippen MR) is 92.2 cm³/mol. The SMILES string of the molecule is CCC(CO)N1CCN(C(=O)c2cccc(-n3ccnc3)c2)CC1. The van der Waals surface area contributed by atoms with E-state index in [1.807, 2.05) is 39.9 Å². The first-order valence-electron chi connectivity index (χ1n) is 8.45. The molecule has 1 saturated heterocycles. The normalized spacial score (nSPS) is 17.0. The maximum atomic E-state index is 12.8. The third kappa shape index (κ3) is 3.49. The van der Waals surface area contributed by atoms with Crippen LogP contribution < -0.4 is 0 Å². The summed E-state index contributed by atoms with van der Waals surface area (Å²) in [5.41, 5.74) is 1.63. The summed E-state index contributed by atoms with van der Waals surface area (Å²) < 4.78 is 1.89. The molecule has 24 heavy (non-hydrogen) atoms. The molecule has 0 spiro atoms. The summed E-state index contributed by atoms with van der Waals surface area (Å²) in [4.78, 5) is 21.0. The summed E-state index contributed by atoms with van der Waals surface area (Å²) in [6.45, 7) is 5.28. The minimum Gasteiger partial charge on any atom is -0.395 e. The Bertz CT molecular complexity index is 659. The van der Waals surface area contributed by atoms with E-state index in [9.17, 15) is 9.90 Å². The third-order valence-corrected chi connectivity index (χ3v) is 4.70. The number of rotatable bonds is 5. The summed E-state index contributed by atoms with van der Waals surface area (Å²) in [5.74, 6) is 0.0636. The maximum absolute atomic E-state index is 12.8. The zero-order valence-electron chi connectivity index (χ0n) is 14.0. The van der Waals surface area contributed by atoms with E-state index >= 15 is 0 Å². The first kappa shape index (κ1) is 16.7. The topological polar surface area (TPSA) is 61.6 Å². The maximum Gasteiger partial charge on any atom is 0.254 e. The van der Waals surface area contributed by atoms with E-state index in [4.69, 9.17) is 0 Å². The first-order valence-corrected chi connectivity index (χ1v) is 8.45. The number of benzene rings is 1. The fourth-order valence-electron chi connectivity index (χ4n) is 3.19. The van der Waals surface area contributed by atoms with Crippen LogP contribution in [0.5, 0.6) is 0 Å². The van der Waals surface area contributed by atoms with Crippen LogP contribution in [0.1, 0.15) is 23.7 Å². The summed E-state index contributed by atoms with van der Waals surface area (Å²) >= 11 is 0. The van der Waals surface area contributed by atoms with Crippen LogP contribution in [0.15, 0.2) is 43.0 Å². The van der Waals surface area contributed by atoms with Crippen LogP contribution in [0.4, 0.5) is 0 Å². The molecule has 1 amide bonds. The predicted octanol–water partition coefficient (Wildman–Crippen LogP) is 1.40. The van der Waals surface area contributed by atoms with Gasteiger partial charge >= 0.3 is 0 Å². The lowest BCUT2D eigenvalue weighted by atomic mass is 10.1. The minimum atomic E-state index is 0.0636. The lowest BCUT2D eigenvalue weighted by Crippen LogP contribution is -2.52. The monoisotopic (exact) mass is 328 g/mol. The number of piperazine rings is 1. The van der Waals surface area contributed by atoms with Crippen molar-refractivity contribution in [2.75, 3.05) is 32.8 Å². The Balaban J connectivity index is 1.67. The largest absolute Gasteiger partial charge is 0.395 e. The van der Waals surface area contributed by atoms with Gasteiger partial charge in [0, 0.05) is 55.9 Å². The number of amides is 1. The number of hydrogen-bond acceptors (Lipinski definition) is 4. The van der Waals surface area contributed by atoms with E-state index in [1.165, 1.54) is 0 Å². The Morgan fingerprint density at radius 1 is 1.29 bits per heavy atom. The van der Waals surface area contributed by atoms with Crippen molar-refractivity contribution in [2.24, 2.45) is 0 Å². The molecular weight excluding hydrogens is 304 g/mol. The number of nitrogens with zero attached hydrogens (tertiary/aromatic N) is 4. The highest BCUT2D eigenvalue weighted by Gasteiger charge is 2.25. The van der Waals surface area contributed by atoms with Gasteiger partial charge in [-0.25, -0.2) is 4.98 Å². The highest BCUT2D eigenvalue weighted by atomic mass is 16.3. The summed E-state index contributed by atoms with van der Waals surface area (Å²) in [6.07, 6.45) is 6.24. The molecule has 1 aliphatic heterocycles. The van der Waals surface area contributed by atoms with Crippen molar-refractivity contribution in [1.29, 1.82) is 0 Å². The lowest BCUT2D eigenvalue weighted by molar-refractivity contribution is 0.0472. The molecule has 1 aromatic heterocycles. The van der Waals surface area contributed by atoms with Crippen LogP contribution in [0.2, 0.25) is 0 Å².